The quantitative estimate of drug-likeness (QED) is 0.557. The molecule has 1 aliphatic rings. The number of hydrogen-bond acceptors (Lipinski definition) is 7. The maximum absolute atomic E-state index is 12.6. The van der Waals surface area contributed by atoms with Gasteiger partial charge in [-0.15, -0.1) is 0 Å². The molecule has 6 nitrogen and oxygen atoms in total. The molecular weight excluding hydrogens is 350 g/mol. The zero-order valence-corrected chi connectivity index (χ0v) is 15.0. The minimum atomic E-state index is -1.32. The average molecular weight is 366 g/mol. The number of hydrogen-bond donors (Lipinski definition) is 0. The summed E-state index contributed by atoms with van der Waals surface area (Å²) in [7, 11) is 3.06. The fraction of sp³-hybridized carbons (Fsp3) is 0.312. The topological polar surface area (TPSA) is 78.9 Å². The van der Waals surface area contributed by atoms with Crippen molar-refractivity contribution in [2.24, 2.45) is 0 Å². The normalized spacial score (nSPS) is 17.3. The van der Waals surface area contributed by atoms with Crippen LogP contribution in [0.15, 0.2) is 23.1 Å². The molecule has 2 rings (SSSR count). The summed E-state index contributed by atoms with van der Waals surface area (Å²) in [6.45, 7) is 1.66. The number of carbonyl (C=O) groups excluding carboxylic acids is 2. The lowest BCUT2D eigenvalue weighted by atomic mass is 10.1. The SMILES string of the molecule is CC[C@@H](C(=O)[O-])N1C(=O)C(=Cc2cc(OC)ccc2OC)SC1=S. The van der Waals surface area contributed by atoms with E-state index in [-0.39, 0.29) is 10.7 Å². The highest BCUT2D eigenvalue weighted by Gasteiger charge is 2.37. The summed E-state index contributed by atoms with van der Waals surface area (Å²) in [5.41, 5.74) is 0.638. The van der Waals surface area contributed by atoms with Gasteiger partial charge in [-0.2, -0.15) is 0 Å². The van der Waals surface area contributed by atoms with Crippen molar-refractivity contribution in [2.75, 3.05) is 14.2 Å². The lowest BCUT2D eigenvalue weighted by Crippen LogP contribution is -2.49. The molecule has 0 aliphatic carbocycles. The van der Waals surface area contributed by atoms with Crippen LogP contribution in [0, 0.1) is 0 Å². The second-order valence-electron chi connectivity index (χ2n) is 4.90. The molecule has 1 amide bonds. The van der Waals surface area contributed by atoms with Crippen molar-refractivity contribution in [1.82, 2.24) is 4.90 Å². The Kier molecular flexibility index (Phi) is 5.84. The summed E-state index contributed by atoms with van der Waals surface area (Å²) in [5.74, 6) is -0.605. The molecule has 0 radical (unpaired) electrons. The molecule has 0 bridgehead atoms. The van der Waals surface area contributed by atoms with Gasteiger partial charge in [-0.3, -0.25) is 9.69 Å². The van der Waals surface area contributed by atoms with E-state index >= 15 is 0 Å². The molecule has 0 spiro atoms. The largest absolute Gasteiger partial charge is 0.548 e. The zero-order chi connectivity index (χ0) is 17.9. The fourth-order valence-electron chi connectivity index (χ4n) is 2.30. The van der Waals surface area contributed by atoms with Gasteiger partial charge in [-0.1, -0.05) is 30.9 Å². The maximum atomic E-state index is 12.6. The summed E-state index contributed by atoms with van der Waals surface area (Å²) in [5, 5.41) is 11.2. The van der Waals surface area contributed by atoms with Crippen molar-refractivity contribution < 1.29 is 24.2 Å². The van der Waals surface area contributed by atoms with Crippen molar-refractivity contribution in [3.8, 4) is 11.5 Å². The van der Waals surface area contributed by atoms with E-state index < -0.39 is 17.9 Å². The number of carboxylic acid groups (broad SMARTS) is 1. The Labute approximate surface area is 149 Å². The van der Waals surface area contributed by atoms with Crippen molar-refractivity contribution in [2.45, 2.75) is 19.4 Å². The molecule has 1 atom stereocenters. The van der Waals surface area contributed by atoms with Crippen molar-refractivity contribution in [3.63, 3.8) is 0 Å². The fourth-order valence-corrected chi connectivity index (χ4v) is 3.64. The van der Waals surface area contributed by atoms with Crippen LogP contribution in [0.2, 0.25) is 0 Å². The van der Waals surface area contributed by atoms with Crippen LogP contribution in [0.5, 0.6) is 11.5 Å². The Balaban J connectivity index is 2.40. The van der Waals surface area contributed by atoms with Gasteiger partial charge < -0.3 is 19.4 Å². The molecule has 1 heterocycles. The molecule has 128 valence electrons. The van der Waals surface area contributed by atoms with Gasteiger partial charge in [-0.05, 0) is 30.7 Å². The highest BCUT2D eigenvalue weighted by molar-refractivity contribution is 8.26. The van der Waals surface area contributed by atoms with Crippen LogP contribution in [-0.2, 0) is 9.59 Å². The van der Waals surface area contributed by atoms with Crippen molar-refractivity contribution in [1.29, 1.82) is 0 Å². The van der Waals surface area contributed by atoms with E-state index in [9.17, 15) is 14.7 Å². The number of thiocarbonyl (C=S) groups is 1. The number of methoxy groups -OCH3 is 2. The first-order chi connectivity index (χ1) is 11.4. The first-order valence-corrected chi connectivity index (χ1v) is 8.35. The number of amides is 1. The van der Waals surface area contributed by atoms with E-state index in [0.717, 1.165) is 16.7 Å². The molecule has 1 fully saturated rings. The van der Waals surface area contributed by atoms with E-state index in [2.05, 4.69) is 0 Å². The van der Waals surface area contributed by atoms with Crippen LogP contribution in [0.25, 0.3) is 6.08 Å². The molecule has 0 unspecified atom stereocenters. The minimum Gasteiger partial charge on any atom is -0.548 e. The second kappa shape index (κ2) is 7.67. The lowest BCUT2D eigenvalue weighted by molar-refractivity contribution is -0.310. The molecule has 8 heteroatoms. The van der Waals surface area contributed by atoms with Gasteiger partial charge in [-0.25, -0.2) is 0 Å². The Morgan fingerprint density at radius 2 is 2.12 bits per heavy atom. The number of carbonyl (C=O) groups is 2. The van der Waals surface area contributed by atoms with Crippen molar-refractivity contribution in [3.05, 3.63) is 28.7 Å². The Morgan fingerprint density at radius 3 is 2.67 bits per heavy atom. The van der Waals surface area contributed by atoms with Crippen LogP contribution in [0.3, 0.4) is 0 Å². The highest BCUT2D eigenvalue weighted by Crippen LogP contribution is 2.36. The van der Waals surface area contributed by atoms with E-state index in [4.69, 9.17) is 21.7 Å². The molecule has 0 N–H and O–H groups in total. The second-order valence-corrected chi connectivity index (χ2v) is 6.58. The highest BCUT2D eigenvalue weighted by atomic mass is 32.2. The first-order valence-electron chi connectivity index (χ1n) is 7.12. The smallest absolute Gasteiger partial charge is 0.266 e. The third kappa shape index (κ3) is 3.54. The van der Waals surface area contributed by atoms with E-state index in [0.29, 0.717) is 22.0 Å². The summed E-state index contributed by atoms with van der Waals surface area (Å²) >= 11 is 6.21. The van der Waals surface area contributed by atoms with Crippen LogP contribution in [0.4, 0.5) is 0 Å². The van der Waals surface area contributed by atoms with Gasteiger partial charge in [0, 0.05) is 5.56 Å². The van der Waals surface area contributed by atoms with E-state index in [1.54, 1.807) is 31.2 Å². The third-order valence-electron chi connectivity index (χ3n) is 3.52. The first kappa shape index (κ1) is 18.3. The number of nitrogens with zero attached hydrogens (tertiary/aromatic N) is 1. The van der Waals surface area contributed by atoms with Gasteiger partial charge >= 0.3 is 0 Å². The predicted octanol–water partition coefficient (Wildman–Crippen LogP) is 1.43. The summed E-state index contributed by atoms with van der Waals surface area (Å²) in [6, 6.07) is 4.11. The lowest BCUT2D eigenvalue weighted by Gasteiger charge is -2.26. The molecule has 1 saturated heterocycles. The standard InChI is InChI=1S/C16H17NO5S2/c1-4-11(15(19)20)17-14(18)13(24-16(17)23)8-9-7-10(21-2)5-6-12(9)22-3/h5-8,11H,4H2,1-3H3,(H,19,20)/p-1/t11-/m0/s1. The average Bonchev–Trinajstić information content (AvgIpc) is 2.83. The van der Waals surface area contributed by atoms with E-state index in [1.807, 2.05) is 0 Å². The monoisotopic (exact) mass is 366 g/mol. The molecule has 1 aliphatic heterocycles. The summed E-state index contributed by atoms with van der Waals surface area (Å²) in [6.07, 6.45) is 1.83. The van der Waals surface area contributed by atoms with E-state index in [1.165, 1.54) is 14.2 Å². The van der Waals surface area contributed by atoms with Gasteiger partial charge in [0.2, 0.25) is 0 Å². The van der Waals surface area contributed by atoms with Gasteiger partial charge in [0.1, 0.15) is 15.8 Å². The molecule has 24 heavy (non-hydrogen) atoms. The number of rotatable bonds is 6. The number of thioether (sulfide) groups is 1. The van der Waals surface area contributed by atoms with Crippen molar-refractivity contribution >= 4 is 46.3 Å². The molecule has 1 aromatic rings. The van der Waals surface area contributed by atoms with Gasteiger partial charge in [0.15, 0.2) is 0 Å². The number of aliphatic carboxylic acids is 1. The maximum Gasteiger partial charge on any atom is 0.266 e. The van der Waals surface area contributed by atoms with Crippen LogP contribution >= 0.6 is 24.0 Å². The molecule has 0 aromatic heterocycles. The molecule has 1 aromatic carbocycles. The number of ether oxygens (including phenoxy) is 2. The number of carboxylic acids is 1. The van der Waals surface area contributed by atoms with Crippen LogP contribution < -0.4 is 14.6 Å². The third-order valence-corrected chi connectivity index (χ3v) is 4.85. The Hall–Kier alpha value is -2.06. The van der Waals surface area contributed by atoms with Gasteiger partial charge in [0.25, 0.3) is 5.91 Å². The van der Waals surface area contributed by atoms with Gasteiger partial charge in [0.05, 0.1) is 31.1 Å². The number of benzene rings is 1. The van der Waals surface area contributed by atoms with Crippen LogP contribution in [0.1, 0.15) is 18.9 Å². The van der Waals surface area contributed by atoms with Crippen LogP contribution in [-0.4, -0.2) is 41.4 Å². The zero-order valence-electron chi connectivity index (χ0n) is 13.4. The molecular formula is C16H16NO5S2-. The molecule has 0 saturated carbocycles. The Bertz CT molecular complexity index is 716. The Morgan fingerprint density at radius 1 is 1.42 bits per heavy atom. The summed E-state index contributed by atoms with van der Waals surface area (Å²) in [4.78, 5) is 25.2. The minimum absolute atomic E-state index is 0.198. The summed E-state index contributed by atoms with van der Waals surface area (Å²) < 4.78 is 10.7. The predicted molar refractivity (Wildman–Crippen MR) is 93.6 cm³/mol.